The molecule has 0 unspecified atom stereocenters. The first kappa shape index (κ1) is 9.92. The minimum atomic E-state index is -3.04. The highest BCUT2D eigenvalue weighted by atomic mass is 32.2. The Morgan fingerprint density at radius 3 is 2.79 bits per heavy atom. The normalized spacial score (nSPS) is 39.6. The van der Waals surface area contributed by atoms with E-state index in [1.807, 2.05) is 0 Å². The van der Waals surface area contributed by atoms with Gasteiger partial charge in [0.05, 0.1) is 11.0 Å². The average molecular weight is 219 g/mol. The number of hydrogen-bond donors (Lipinski definition) is 2. The van der Waals surface area contributed by atoms with Crippen molar-refractivity contribution in [2.75, 3.05) is 18.8 Å². The van der Waals surface area contributed by atoms with Gasteiger partial charge in [0.1, 0.15) is 0 Å². The molecule has 2 saturated heterocycles. The Balaban J connectivity index is 2.19. The summed E-state index contributed by atoms with van der Waals surface area (Å²) in [5, 5.41) is 11.3. The Labute approximate surface area is 82.4 Å². The third kappa shape index (κ3) is 1.52. The van der Waals surface area contributed by atoms with E-state index in [4.69, 9.17) is 5.11 Å². The van der Waals surface area contributed by atoms with Gasteiger partial charge in [0.25, 0.3) is 0 Å². The first-order valence-electron chi connectivity index (χ1n) is 4.65. The topological polar surface area (TPSA) is 83.5 Å². The molecule has 0 aromatic rings. The van der Waals surface area contributed by atoms with Crippen LogP contribution in [0.15, 0.2) is 0 Å². The zero-order valence-corrected chi connectivity index (χ0v) is 8.46. The zero-order chi connectivity index (χ0) is 10.3. The van der Waals surface area contributed by atoms with Crippen molar-refractivity contribution in [1.29, 1.82) is 0 Å². The van der Waals surface area contributed by atoms with Crippen molar-refractivity contribution in [3.63, 3.8) is 0 Å². The van der Waals surface area contributed by atoms with Crippen LogP contribution in [0, 0.1) is 11.8 Å². The van der Waals surface area contributed by atoms with Crippen molar-refractivity contribution in [3.05, 3.63) is 0 Å². The summed E-state index contributed by atoms with van der Waals surface area (Å²) in [6.45, 7) is 1.13. The summed E-state index contributed by atoms with van der Waals surface area (Å²) in [6, 6.07) is 0. The zero-order valence-electron chi connectivity index (χ0n) is 7.64. The minimum absolute atomic E-state index is 0.0103. The lowest BCUT2D eigenvalue weighted by Gasteiger charge is -2.12. The predicted molar refractivity (Wildman–Crippen MR) is 49.7 cm³/mol. The van der Waals surface area contributed by atoms with Crippen molar-refractivity contribution in [2.45, 2.75) is 11.7 Å². The van der Waals surface area contributed by atoms with Crippen molar-refractivity contribution >= 4 is 15.8 Å². The lowest BCUT2D eigenvalue weighted by Crippen LogP contribution is -2.22. The third-order valence-corrected chi connectivity index (χ3v) is 5.48. The van der Waals surface area contributed by atoms with Crippen LogP contribution in [0.25, 0.3) is 0 Å². The van der Waals surface area contributed by atoms with Gasteiger partial charge >= 0.3 is 5.97 Å². The smallest absolute Gasteiger partial charge is 0.303 e. The molecule has 2 aliphatic heterocycles. The summed E-state index contributed by atoms with van der Waals surface area (Å²) in [4.78, 5) is 10.5. The summed E-state index contributed by atoms with van der Waals surface area (Å²) in [7, 11) is -3.04. The predicted octanol–water partition coefficient (Wildman–Crippen LogP) is -0.906. The van der Waals surface area contributed by atoms with Gasteiger partial charge in [-0.3, -0.25) is 4.79 Å². The van der Waals surface area contributed by atoms with Crippen LogP contribution < -0.4 is 5.32 Å². The maximum atomic E-state index is 11.6. The second kappa shape index (κ2) is 3.20. The van der Waals surface area contributed by atoms with Crippen molar-refractivity contribution in [2.24, 2.45) is 11.8 Å². The second-order valence-corrected chi connectivity index (χ2v) is 6.31. The molecule has 6 heteroatoms. The first-order chi connectivity index (χ1) is 6.50. The number of nitrogens with one attached hydrogen (secondary N) is 1. The fraction of sp³-hybridized carbons (Fsp3) is 0.875. The fourth-order valence-electron chi connectivity index (χ4n) is 2.52. The second-order valence-electron chi connectivity index (χ2n) is 4.05. The van der Waals surface area contributed by atoms with Crippen LogP contribution in [0.4, 0.5) is 0 Å². The molecule has 3 atom stereocenters. The molecular formula is C8H13NO4S. The number of carboxylic acids is 1. The van der Waals surface area contributed by atoms with Crippen LogP contribution in [0.2, 0.25) is 0 Å². The maximum Gasteiger partial charge on any atom is 0.303 e. The average Bonchev–Trinajstić information content (AvgIpc) is 2.55. The van der Waals surface area contributed by atoms with Crippen LogP contribution in [-0.2, 0) is 14.6 Å². The highest BCUT2D eigenvalue weighted by Gasteiger charge is 2.49. The third-order valence-electron chi connectivity index (χ3n) is 3.15. The molecule has 2 N–H and O–H groups in total. The summed E-state index contributed by atoms with van der Waals surface area (Å²) >= 11 is 0. The lowest BCUT2D eigenvalue weighted by molar-refractivity contribution is -0.138. The molecule has 0 aromatic heterocycles. The minimum Gasteiger partial charge on any atom is -0.481 e. The molecule has 2 fully saturated rings. The van der Waals surface area contributed by atoms with E-state index in [9.17, 15) is 13.2 Å². The summed E-state index contributed by atoms with van der Waals surface area (Å²) in [5.74, 6) is -1.04. The Kier molecular flexibility index (Phi) is 2.27. The van der Waals surface area contributed by atoms with Crippen LogP contribution in [0.1, 0.15) is 6.42 Å². The molecule has 2 heterocycles. The van der Waals surface area contributed by atoms with Gasteiger partial charge in [0, 0.05) is 13.0 Å². The van der Waals surface area contributed by atoms with Crippen LogP contribution in [0.3, 0.4) is 0 Å². The van der Waals surface area contributed by atoms with E-state index in [0.717, 1.165) is 0 Å². The molecule has 0 spiro atoms. The van der Waals surface area contributed by atoms with Gasteiger partial charge in [0.15, 0.2) is 9.84 Å². The first-order valence-corrected chi connectivity index (χ1v) is 6.36. The molecule has 0 bridgehead atoms. The van der Waals surface area contributed by atoms with E-state index in [1.165, 1.54) is 0 Å². The highest BCUT2D eigenvalue weighted by Crippen LogP contribution is 2.36. The Bertz CT molecular complexity index is 350. The number of sulfone groups is 1. The molecule has 2 rings (SSSR count). The number of carbonyl (C=O) groups is 1. The number of fused-ring (bicyclic) bond motifs is 1. The standard InChI is InChI=1S/C8H13NO4S/c10-8(11)1-5-4-14(12,13)7-3-9-2-6(5)7/h5-7,9H,1-4H2,(H,10,11)/t5-,6-,7-/m1/s1. The quantitative estimate of drug-likeness (QED) is 0.628. The van der Waals surface area contributed by atoms with Gasteiger partial charge in [-0.05, 0) is 18.4 Å². The molecule has 0 aromatic carbocycles. The Hall–Kier alpha value is -0.620. The van der Waals surface area contributed by atoms with Gasteiger partial charge in [-0.25, -0.2) is 8.42 Å². The van der Waals surface area contributed by atoms with E-state index < -0.39 is 15.8 Å². The molecule has 5 nitrogen and oxygen atoms in total. The number of carboxylic acid groups (broad SMARTS) is 1. The van der Waals surface area contributed by atoms with Crippen molar-refractivity contribution < 1.29 is 18.3 Å². The van der Waals surface area contributed by atoms with E-state index in [-0.39, 0.29) is 29.3 Å². The molecule has 0 radical (unpaired) electrons. The molecule has 14 heavy (non-hydrogen) atoms. The Morgan fingerprint density at radius 2 is 2.14 bits per heavy atom. The summed E-state index contributed by atoms with van der Waals surface area (Å²) in [6.07, 6.45) is -0.0257. The number of rotatable bonds is 2. The molecule has 80 valence electrons. The molecular weight excluding hydrogens is 206 g/mol. The van der Waals surface area contributed by atoms with E-state index in [0.29, 0.717) is 13.1 Å². The van der Waals surface area contributed by atoms with Gasteiger partial charge in [0.2, 0.25) is 0 Å². The van der Waals surface area contributed by atoms with Crippen molar-refractivity contribution in [1.82, 2.24) is 5.32 Å². The van der Waals surface area contributed by atoms with Crippen molar-refractivity contribution in [3.8, 4) is 0 Å². The van der Waals surface area contributed by atoms with Gasteiger partial charge in [-0.2, -0.15) is 0 Å². The van der Waals surface area contributed by atoms with Gasteiger partial charge in [-0.1, -0.05) is 0 Å². The lowest BCUT2D eigenvalue weighted by atomic mass is 9.91. The summed E-state index contributed by atoms with van der Waals surface area (Å²) < 4.78 is 23.2. The molecule has 0 aliphatic carbocycles. The fourth-order valence-corrected chi connectivity index (χ4v) is 4.95. The molecule has 0 amide bonds. The summed E-state index contributed by atoms with van der Waals surface area (Å²) in [5.41, 5.74) is 0. The molecule has 2 aliphatic rings. The van der Waals surface area contributed by atoms with Gasteiger partial charge in [-0.15, -0.1) is 0 Å². The van der Waals surface area contributed by atoms with Gasteiger partial charge < -0.3 is 10.4 Å². The van der Waals surface area contributed by atoms with Crippen LogP contribution >= 0.6 is 0 Å². The van der Waals surface area contributed by atoms with E-state index in [1.54, 1.807) is 0 Å². The van der Waals surface area contributed by atoms with Crippen LogP contribution in [0.5, 0.6) is 0 Å². The Morgan fingerprint density at radius 1 is 1.43 bits per heavy atom. The van der Waals surface area contributed by atoms with E-state index in [2.05, 4.69) is 5.32 Å². The van der Waals surface area contributed by atoms with E-state index >= 15 is 0 Å². The maximum absolute atomic E-state index is 11.6. The highest BCUT2D eigenvalue weighted by molar-refractivity contribution is 7.92. The largest absolute Gasteiger partial charge is 0.481 e. The number of aliphatic carboxylic acids is 1. The monoisotopic (exact) mass is 219 g/mol. The SMILES string of the molecule is O=C(O)C[C@@H]1CS(=O)(=O)[C@@H]2CNC[C@H]12. The molecule has 0 saturated carbocycles. The number of hydrogen-bond acceptors (Lipinski definition) is 4. The van der Waals surface area contributed by atoms with Crippen LogP contribution in [-0.4, -0.2) is 43.6 Å².